The molecule has 1 aromatic carbocycles. The SMILES string of the molecule is Cc1cccc(C)c1NC(=O)c1nc(C(=O)N2CCOCC2)n2ccccc12. The van der Waals surface area contributed by atoms with E-state index in [0.29, 0.717) is 31.8 Å². The summed E-state index contributed by atoms with van der Waals surface area (Å²) in [5, 5.41) is 2.96. The monoisotopic (exact) mass is 378 g/mol. The number of amides is 2. The minimum Gasteiger partial charge on any atom is -0.378 e. The number of fused-ring (bicyclic) bond motifs is 1. The fourth-order valence-corrected chi connectivity index (χ4v) is 3.45. The molecule has 0 atom stereocenters. The molecule has 0 saturated carbocycles. The molecule has 2 amide bonds. The first-order valence-electron chi connectivity index (χ1n) is 9.28. The van der Waals surface area contributed by atoms with E-state index in [1.54, 1.807) is 21.6 Å². The molecule has 0 unspecified atom stereocenters. The third-order valence-electron chi connectivity index (χ3n) is 4.97. The van der Waals surface area contributed by atoms with Crippen LogP contribution >= 0.6 is 0 Å². The van der Waals surface area contributed by atoms with Crippen LogP contribution in [0.3, 0.4) is 0 Å². The molecule has 3 heterocycles. The van der Waals surface area contributed by atoms with E-state index in [1.165, 1.54) is 0 Å². The molecular weight excluding hydrogens is 356 g/mol. The van der Waals surface area contributed by atoms with Crippen molar-refractivity contribution in [3.05, 3.63) is 65.2 Å². The Kier molecular flexibility index (Phi) is 4.83. The number of hydrogen-bond acceptors (Lipinski definition) is 4. The van der Waals surface area contributed by atoms with Gasteiger partial charge in [-0.15, -0.1) is 0 Å². The maximum absolute atomic E-state index is 13.0. The van der Waals surface area contributed by atoms with E-state index in [2.05, 4.69) is 10.3 Å². The molecule has 0 radical (unpaired) electrons. The molecule has 1 N–H and O–H groups in total. The van der Waals surface area contributed by atoms with Gasteiger partial charge in [0.1, 0.15) is 0 Å². The maximum atomic E-state index is 13.0. The molecule has 0 aliphatic carbocycles. The van der Waals surface area contributed by atoms with Gasteiger partial charge < -0.3 is 15.0 Å². The second-order valence-electron chi connectivity index (χ2n) is 6.87. The molecule has 0 spiro atoms. The summed E-state index contributed by atoms with van der Waals surface area (Å²) in [6.45, 7) is 5.95. The van der Waals surface area contributed by atoms with Crippen LogP contribution in [0.2, 0.25) is 0 Å². The number of nitrogens with zero attached hydrogens (tertiary/aromatic N) is 3. The average Bonchev–Trinajstić information content (AvgIpc) is 3.11. The van der Waals surface area contributed by atoms with Gasteiger partial charge in [0.2, 0.25) is 5.82 Å². The normalized spacial score (nSPS) is 14.3. The number of carbonyl (C=O) groups is 2. The van der Waals surface area contributed by atoms with Crippen molar-refractivity contribution >= 4 is 23.0 Å². The molecule has 0 bridgehead atoms. The zero-order valence-electron chi connectivity index (χ0n) is 15.9. The summed E-state index contributed by atoms with van der Waals surface area (Å²) < 4.78 is 7.00. The Hall–Kier alpha value is -3.19. The number of benzene rings is 1. The zero-order chi connectivity index (χ0) is 19.7. The highest BCUT2D eigenvalue weighted by Crippen LogP contribution is 2.22. The number of ether oxygens (including phenoxy) is 1. The highest BCUT2D eigenvalue weighted by atomic mass is 16.5. The Morgan fingerprint density at radius 2 is 1.75 bits per heavy atom. The van der Waals surface area contributed by atoms with Gasteiger partial charge in [0.15, 0.2) is 5.69 Å². The number of carbonyl (C=O) groups excluding carboxylic acids is 2. The van der Waals surface area contributed by atoms with Crippen LogP contribution in [-0.4, -0.2) is 52.4 Å². The number of anilines is 1. The van der Waals surface area contributed by atoms with E-state index in [9.17, 15) is 9.59 Å². The summed E-state index contributed by atoms with van der Waals surface area (Å²) >= 11 is 0. The van der Waals surface area contributed by atoms with Gasteiger partial charge in [0, 0.05) is 25.0 Å². The minimum absolute atomic E-state index is 0.198. The smallest absolute Gasteiger partial charge is 0.290 e. The van der Waals surface area contributed by atoms with E-state index in [-0.39, 0.29) is 23.3 Å². The highest BCUT2D eigenvalue weighted by Gasteiger charge is 2.26. The van der Waals surface area contributed by atoms with Gasteiger partial charge in [-0.05, 0) is 37.1 Å². The Morgan fingerprint density at radius 1 is 1.04 bits per heavy atom. The quantitative estimate of drug-likeness (QED) is 0.760. The number of aryl methyl sites for hydroxylation is 2. The summed E-state index contributed by atoms with van der Waals surface area (Å²) in [5.74, 6) is -0.290. The van der Waals surface area contributed by atoms with Crippen LogP contribution in [0.5, 0.6) is 0 Å². The first kappa shape index (κ1) is 18.2. The van der Waals surface area contributed by atoms with Crippen LogP contribution in [0.25, 0.3) is 5.52 Å². The molecule has 1 aliphatic rings. The van der Waals surface area contributed by atoms with E-state index < -0.39 is 0 Å². The van der Waals surface area contributed by atoms with Crippen LogP contribution in [0, 0.1) is 13.8 Å². The molecular formula is C21H22N4O3. The van der Waals surface area contributed by atoms with E-state index >= 15 is 0 Å². The van der Waals surface area contributed by atoms with E-state index in [1.807, 2.05) is 44.2 Å². The van der Waals surface area contributed by atoms with Crippen molar-refractivity contribution in [1.82, 2.24) is 14.3 Å². The molecule has 28 heavy (non-hydrogen) atoms. The molecule has 7 nitrogen and oxygen atoms in total. The number of hydrogen-bond donors (Lipinski definition) is 1. The number of morpholine rings is 1. The number of pyridine rings is 1. The molecule has 4 rings (SSSR count). The molecule has 1 aliphatic heterocycles. The standard InChI is InChI=1S/C21H22N4O3/c1-14-6-5-7-15(2)17(14)23-20(26)18-16-8-3-4-9-25(16)19(22-18)21(27)24-10-12-28-13-11-24/h3-9H,10-13H2,1-2H3,(H,23,26). The van der Waals surface area contributed by atoms with Gasteiger partial charge >= 0.3 is 0 Å². The Balaban J connectivity index is 1.71. The third kappa shape index (κ3) is 3.25. The van der Waals surface area contributed by atoms with Gasteiger partial charge in [0.05, 0.1) is 18.7 Å². The number of para-hydroxylation sites is 1. The van der Waals surface area contributed by atoms with Gasteiger partial charge in [0.25, 0.3) is 11.8 Å². The molecule has 1 fully saturated rings. The minimum atomic E-state index is -0.331. The third-order valence-corrected chi connectivity index (χ3v) is 4.97. The lowest BCUT2D eigenvalue weighted by Gasteiger charge is -2.26. The lowest BCUT2D eigenvalue weighted by Crippen LogP contribution is -2.41. The van der Waals surface area contributed by atoms with Crippen molar-refractivity contribution in [2.45, 2.75) is 13.8 Å². The Morgan fingerprint density at radius 3 is 2.46 bits per heavy atom. The van der Waals surface area contributed by atoms with Gasteiger partial charge in [-0.2, -0.15) is 0 Å². The van der Waals surface area contributed by atoms with Crippen molar-refractivity contribution in [3.8, 4) is 0 Å². The van der Waals surface area contributed by atoms with E-state index in [0.717, 1.165) is 16.8 Å². The Labute approximate surface area is 162 Å². The fourth-order valence-electron chi connectivity index (χ4n) is 3.45. The molecule has 144 valence electrons. The van der Waals surface area contributed by atoms with Crippen LogP contribution in [0.4, 0.5) is 5.69 Å². The lowest BCUT2D eigenvalue weighted by atomic mass is 10.1. The number of imidazole rings is 1. The van der Waals surface area contributed by atoms with Gasteiger partial charge in [-0.25, -0.2) is 4.98 Å². The summed E-state index contributed by atoms with van der Waals surface area (Å²) in [6, 6.07) is 11.3. The van der Waals surface area contributed by atoms with Crippen LogP contribution in [-0.2, 0) is 4.74 Å². The lowest BCUT2D eigenvalue weighted by molar-refractivity contribution is 0.0294. The van der Waals surface area contributed by atoms with Crippen LogP contribution < -0.4 is 5.32 Å². The van der Waals surface area contributed by atoms with Crippen molar-refractivity contribution in [1.29, 1.82) is 0 Å². The van der Waals surface area contributed by atoms with E-state index in [4.69, 9.17) is 4.74 Å². The molecule has 1 saturated heterocycles. The van der Waals surface area contributed by atoms with Crippen molar-refractivity contribution in [2.24, 2.45) is 0 Å². The Bertz CT molecular complexity index is 1030. The number of aromatic nitrogens is 2. The predicted molar refractivity (Wildman–Crippen MR) is 106 cm³/mol. The molecule has 3 aromatic rings. The molecule has 7 heteroatoms. The number of nitrogens with one attached hydrogen (secondary N) is 1. The summed E-state index contributed by atoms with van der Waals surface area (Å²) in [5.41, 5.74) is 3.55. The van der Waals surface area contributed by atoms with Crippen LogP contribution in [0.1, 0.15) is 32.2 Å². The second kappa shape index (κ2) is 7.44. The van der Waals surface area contributed by atoms with Crippen molar-refractivity contribution in [3.63, 3.8) is 0 Å². The van der Waals surface area contributed by atoms with Crippen molar-refractivity contribution < 1.29 is 14.3 Å². The second-order valence-corrected chi connectivity index (χ2v) is 6.87. The fraction of sp³-hybridized carbons (Fsp3) is 0.286. The van der Waals surface area contributed by atoms with Crippen molar-refractivity contribution in [2.75, 3.05) is 31.6 Å². The summed E-state index contributed by atoms with van der Waals surface area (Å²) in [4.78, 5) is 32.1. The summed E-state index contributed by atoms with van der Waals surface area (Å²) in [6.07, 6.45) is 1.76. The maximum Gasteiger partial charge on any atom is 0.290 e. The topological polar surface area (TPSA) is 75.9 Å². The summed E-state index contributed by atoms with van der Waals surface area (Å²) in [7, 11) is 0. The zero-order valence-corrected chi connectivity index (χ0v) is 15.9. The molecule has 2 aromatic heterocycles. The number of rotatable bonds is 3. The van der Waals surface area contributed by atoms with Crippen LogP contribution in [0.15, 0.2) is 42.6 Å². The average molecular weight is 378 g/mol. The predicted octanol–water partition coefficient (Wildman–Crippen LogP) is 2.68. The largest absolute Gasteiger partial charge is 0.378 e. The van der Waals surface area contributed by atoms with Gasteiger partial charge in [-0.3, -0.25) is 14.0 Å². The first-order valence-corrected chi connectivity index (χ1v) is 9.28. The van der Waals surface area contributed by atoms with Gasteiger partial charge in [-0.1, -0.05) is 24.3 Å². The first-order chi connectivity index (χ1) is 13.6. The highest BCUT2D eigenvalue weighted by molar-refractivity contribution is 6.09.